The van der Waals surface area contributed by atoms with E-state index in [1.807, 2.05) is 0 Å². The molecule has 0 amide bonds. The summed E-state index contributed by atoms with van der Waals surface area (Å²) in [6, 6.07) is -0.494. The third-order valence-electron chi connectivity index (χ3n) is 9.35. The number of ketones is 1. The number of rotatable bonds is 4. The molecule has 29 heavy (non-hydrogen) atoms. The van der Waals surface area contributed by atoms with Crippen LogP contribution in [0, 0.1) is 34.5 Å². The van der Waals surface area contributed by atoms with Crippen molar-refractivity contribution in [2.75, 3.05) is 0 Å². The van der Waals surface area contributed by atoms with Crippen LogP contribution in [0.4, 0.5) is 0 Å². The highest BCUT2D eigenvalue weighted by molar-refractivity contribution is 6.14. The first kappa shape index (κ1) is 21.4. The number of esters is 1. The second-order valence-electron chi connectivity index (χ2n) is 10.7. The van der Waals surface area contributed by atoms with Crippen molar-refractivity contribution < 1.29 is 14.3 Å². The highest BCUT2D eigenvalue weighted by atomic mass is 35.5. The van der Waals surface area contributed by atoms with Gasteiger partial charge in [-0.25, -0.2) is 4.84 Å². The van der Waals surface area contributed by atoms with Gasteiger partial charge in [0.2, 0.25) is 0 Å². The molecular weight excluding hydrogens is 386 g/mol. The first-order valence-electron chi connectivity index (χ1n) is 11.5. The number of halogens is 1. The average Bonchev–Trinajstić information content (AvgIpc) is 3.05. The maximum atomic E-state index is 12.3. The molecule has 0 saturated heterocycles. The van der Waals surface area contributed by atoms with Crippen LogP contribution in [0.15, 0.2) is 11.6 Å². The van der Waals surface area contributed by atoms with Crippen molar-refractivity contribution in [3.63, 3.8) is 0 Å². The van der Waals surface area contributed by atoms with E-state index in [1.54, 1.807) is 13.8 Å². The quantitative estimate of drug-likeness (QED) is 0.385. The Labute approximate surface area is 180 Å². The predicted octanol–water partition coefficient (Wildman–Crippen LogP) is 5.20. The number of hydrogen-bond donors (Lipinski definition) is 1. The van der Waals surface area contributed by atoms with Gasteiger partial charge in [0.05, 0.1) is 0 Å². The Kier molecular flexibility index (Phi) is 5.65. The van der Waals surface area contributed by atoms with Crippen LogP contribution >= 0.6 is 11.8 Å². The van der Waals surface area contributed by atoms with Crippen molar-refractivity contribution in [1.29, 1.82) is 0 Å². The van der Waals surface area contributed by atoms with Crippen molar-refractivity contribution >= 4 is 23.5 Å². The van der Waals surface area contributed by atoms with Crippen molar-refractivity contribution in [1.82, 2.24) is 4.84 Å². The molecule has 8 atom stereocenters. The van der Waals surface area contributed by atoms with Crippen LogP contribution in [0.5, 0.6) is 0 Å². The summed E-state index contributed by atoms with van der Waals surface area (Å²) in [4.78, 5) is 26.9. The average molecular weight is 422 g/mol. The van der Waals surface area contributed by atoms with E-state index in [0.29, 0.717) is 17.6 Å². The highest BCUT2D eigenvalue weighted by Gasteiger charge is 2.59. The third-order valence-corrected chi connectivity index (χ3v) is 9.67. The van der Waals surface area contributed by atoms with Gasteiger partial charge in [-0.05, 0) is 112 Å². The van der Waals surface area contributed by atoms with Crippen LogP contribution in [0.2, 0.25) is 0 Å². The molecule has 4 aliphatic carbocycles. The van der Waals surface area contributed by atoms with Crippen molar-refractivity contribution in [2.45, 2.75) is 91.2 Å². The minimum Gasteiger partial charge on any atom is -0.457 e. The zero-order chi connectivity index (χ0) is 21.0. The highest BCUT2D eigenvalue weighted by Crippen LogP contribution is 2.66. The van der Waals surface area contributed by atoms with Gasteiger partial charge in [0.25, 0.3) is 0 Å². The molecule has 0 heterocycles. The van der Waals surface area contributed by atoms with E-state index in [9.17, 15) is 9.59 Å². The molecule has 4 aliphatic rings. The fraction of sp³-hybridized carbons (Fsp3) is 0.833. The Balaban J connectivity index is 1.52. The fourth-order valence-electron chi connectivity index (χ4n) is 7.75. The molecule has 3 unspecified atom stereocenters. The summed E-state index contributed by atoms with van der Waals surface area (Å²) in [5, 5.41) is 0. The molecule has 4 nitrogen and oxygen atoms in total. The summed E-state index contributed by atoms with van der Waals surface area (Å²) in [5.41, 5.74) is 1.93. The summed E-state index contributed by atoms with van der Waals surface area (Å²) in [5.74, 6) is 2.52. The molecular formula is C24H36ClNO3. The molecule has 3 fully saturated rings. The molecule has 162 valence electrons. The SMILES string of the molecule is CC(=O)[C@H]1CCC2C3CCC4=C[C@@H](OC(=O)[C@H](C)NCl)CC[C@]4(C)C3CC[C@@]21C. The summed E-state index contributed by atoms with van der Waals surface area (Å²) >= 11 is 5.57. The lowest BCUT2D eigenvalue weighted by Crippen LogP contribution is -2.51. The number of ether oxygens (including phenoxy) is 1. The molecule has 3 saturated carbocycles. The maximum absolute atomic E-state index is 12.3. The molecule has 0 aromatic heterocycles. The zero-order valence-corrected chi connectivity index (χ0v) is 19.1. The lowest BCUT2D eigenvalue weighted by molar-refractivity contribution is -0.150. The van der Waals surface area contributed by atoms with Crippen LogP contribution < -0.4 is 4.84 Å². The predicted molar refractivity (Wildman–Crippen MR) is 114 cm³/mol. The van der Waals surface area contributed by atoms with Crippen LogP contribution in [-0.4, -0.2) is 23.9 Å². The number of Topliss-reactive ketones (excluding diaryl/α,β-unsaturated/α-hetero) is 1. The molecule has 0 radical (unpaired) electrons. The Morgan fingerprint density at radius 3 is 2.59 bits per heavy atom. The summed E-state index contributed by atoms with van der Waals surface area (Å²) in [6.07, 6.45) is 11.1. The Bertz CT molecular complexity index is 721. The topological polar surface area (TPSA) is 55.4 Å². The smallest absolute Gasteiger partial charge is 0.324 e. The Morgan fingerprint density at radius 2 is 1.90 bits per heavy atom. The molecule has 0 aromatic carbocycles. The van der Waals surface area contributed by atoms with Crippen LogP contribution in [0.3, 0.4) is 0 Å². The Hall–Kier alpha value is -0.870. The van der Waals surface area contributed by atoms with Gasteiger partial charge in [-0.3, -0.25) is 9.59 Å². The molecule has 1 N–H and O–H groups in total. The van der Waals surface area contributed by atoms with Crippen LogP contribution in [-0.2, 0) is 14.3 Å². The molecule has 0 aromatic rings. The number of carbonyl (C=O) groups excluding carboxylic acids is 2. The molecule has 5 heteroatoms. The van der Waals surface area contributed by atoms with E-state index in [0.717, 1.165) is 31.6 Å². The zero-order valence-electron chi connectivity index (χ0n) is 18.3. The van der Waals surface area contributed by atoms with E-state index in [-0.39, 0.29) is 28.8 Å². The number of allylic oxidation sites excluding steroid dienone is 1. The van der Waals surface area contributed by atoms with E-state index >= 15 is 0 Å². The minimum absolute atomic E-state index is 0.128. The first-order valence-corrected chi connectivity index (χ1v) is 11.9. The van der Waals surface area contributed by atoms with E-state index < -0.39 is 6.04 Å². The molecule has 0 aliphatic heterocycles. The van der Waals surface area contributed by atoms with Crippen molar-refractivity contribution in [2.24, 2.45) is 34.5 Å². The van der Waals surface area contributed by atoms with E-state index in [4.69, 9.17) is 16.5 Å². The lowest BCUT2D eigenvalue weighted by Gasteiger charge is -2.58. The van der Waals surface area contributed by atoms with Gasteiger partial charge in [0.15, 0.2) is 0 Å². The summed E-state index contributed by atoms with van der Waals surface area (Å²) < 4.78 is 5.70. The van der Waals surface area contributed by atoms with Gasteiger partial charge in [-0.2, -0.15) is 0 Å². The molecule has 4 rings (SSSR count). The first-order chi connectivity index (χ1) is 13.7. The van der Waals surface area contributed by atoms with E-state index in [2.05, 4.69) is 24.8 Å². The van der Waals surface area contributed by atoms with Crippen LogP contribution in [0.1, 0.15) is 79.1 Å². The van der Waals surface area contributed by atoms with Gasteiger partial charge in [0.1, 0.15) is 17.9 Å². The number of nitrogens with one attached hydrogen (secondary N) is 1. The number of carbonyl (C=O) groups is 2. The molecule has 0 bridgehead atoms. The summed E-state index contributed by atoms with van der Waals surface area (Å²) in [6.45, 7) is 8.38. The maximum Gasteiger partial charge on any atom is 0.324 e. The third kappa shape index (κ3) is 3.39. The number of hydrogen-bond acceptors (Lipinski definition) is 4. The number of fused-ring (bicyclic) bond motifs is 5. The van der Waals surface area contributed by atoms with E-state index in [1.165, 1.54) is 31.3 Å². The molecule has 0 spiro atoms. The van der Waals surface area contributed by atoms with Gasteiger partial charge < -0.3 is 4.74 Å². The minimum atomic E-state index is -0.494. The fourth-order valence-corrected chi connectivity index (χ4v) is 7.84. The summed E-state index contributed by atoms with van der Waals surface area (Å²) in [7, 11) is 0. The second kappa shape index (κ2) is 7.67. The van der Waals surface area contributed by atoms with Crippen molar-refractivity contribution in [3.8, 4) is 0 Å². The van der Waals surface area contributed by atoms with Gasteiger partial charge in [-0.1, -0.05) is 19.4 Å². The standard InChI is InChI=1S/C24H36ClNO3/c1-14(26-25)22(28)29-17-9-11-23(3)16(13-17)5-6-18-20-8-7-19(15(2)27)24(20,4)12-10-21(18)23/h13-14,17-21,26H,5-12H2,1-4H3/t14-,17-,18?,19+,20?,21?,23-,24+/m0/s1. The van der Waals surface area contributed by atoms with Crippen molar-refractivity contribution in [3.05, 3.63) is 11.6 Å². The van der Waals surface area contributed by atoms with Gasteiger partial charge >= 0.3 is 5.97 Å². The normalized spacial score (nSPS) is 44.7. The van der Waals surface area contributed by atoms with Crippen LogP contribution in [0.25, 0.3) is 0 Å². The lowest BCUT2D eigenvalue weighted by atomic mass is 9.46. The Morgan fingerprint density at radius 1 is 1.14 bits per heavy atom. The largest absolute Gasteiger partial charge is 0.457 e. The second-order valence-corrected chi connectivity index (χ2v) is 10.9. The van der Waals surface area contributed by atoms with Gasteiger partial charge in [0, 0.05) is 5.92 Å². The van der Waals surface area contributed by atoms with Gasteiger partial charge in [-0.15, -0.1) is 0 Å². The monoisotopic (exact) mass is 421 g/mol.